The first-order valence-corrected chi connectivity index (χ1v) is 8.01. The van der Waals surface area contributed by atoms with Gasteiger partial charge in [0.1, 0.15) is 0 Å². The third-order valence-corrected chi connectivity index (χ3v) is 3.66. The topological polar surface area (TPSA) is 60.0 Å². The van der Waals surface area contributed by atoms with Crippen LogP contribution in [0.5, 0.6) is 0 Å². The molecule has 4 nitrogen and oxygen atoms in total. The van der Waals surface area contributed by atoms with E-state index in [0.717, 1.165) is 5.92 Å². The second kappa shape index (κ2) is 13.5. The molecule has 1 saturated carbocycles. The third-order valence-electron chi connectivity index (χ3n) is 3.45. The summed E-state index contributed by atoms with van der Waals surface area (Å²) < 4.78 is 4.85. The van der Waals surface area contributed by atoms with Gasteiger partial charge in [-0.25, -0.2) is 9.98 Å². The fraction of sp³-hybridized carbons (Fsp3) is 0.647. The van der Waals surface area contributed by atoms with E-state index in [0.29, 0.717) is 24.6 Å². The molecule has 22 heavy (non-hydrogen) atoms. The van der Waals surface area contributed by atoms with Gasteiger partial charge in [-0.05, 0) is 37.1 Å². The number of methoxy groups -OCH3 is 1. The number of hydrogen-bond donors (Lipinski definition) is 1. The molecule has 1 rings (SSSR count). The van der Waals surface area contributed by atoms with Crippen LogP contribution in [0, 0.1) is 18.3 Å². The van der Waals surface area contributed by atoms with E-state index in [-0.39, 0.29) is 5.29 Å². The first kappa shape index (κ1) is 20.9. The van der Waals surface area contributed by atoms with Crippen LogP contribution in [0.4, 0.5) is 0 Å². The van der Waals surface area contributed by atoms with Crippen LogP contribution in [0.2, 0.25) is 0 Å². The Labute approximate surface area is 139 Å². The minimum Gasteiger partial charge on any atom is -0.384 e. The van der Waals surface area contributed by atoms with Crippen LogP contribution in [-0.4, -0.2) is 31.8 Å². The molecule has 2 N–H and O–H groups in total. The zero-order valence-electron chi connectivity index (χ0n) is 13.7. The highest BCUT2D eigenvalue weighted by atomic mass is 35.5. The Hall–Kier alpha value is -1.15. The standard InChI is InChI=1S/C9H11ClN2O.C8H17N/c1-4-8(5-6-13-3)7-12-9(10)11-2;1-7-4-2-3-5-8(9)6-7/h1,7H,2,5-6H2,3H3;7-8H,2-6,9H2,1H3/b8-7-,12-9?;/t;7-,8+/m.1/s1. The van der Waals surface area contributed by atoms with E-state index in [9.17, 15) is 0 Å². The molecule has 1 fully saturated rings. The molecule has 0 amide bonds. The van der Waals surface area contributed by atoms with Gasteiger partial charge >= 0.3 is 0 Å². The number of ether oxygens (including phenoxy) is 1. The summed E-state index contributed by atoms with van der Waals surface area (Å²) >= 11 is 5.48. The minimum atomic E-state index is 0.0742. The van der Waals surface area contributed by atoms with Gasteiger partial charge in [0.05, 0.1) is 6.61 Å². The lowest BCUT2D eigenvalue weighted by molar-refractivity contribution is 0.203. The fourth-order valence-corrected chi connectivity index (χ4v) is 2.26. The van der Waals surface area contributed by atoms with Crippen molar-refractivity contribution < 1.29 is 4.74 Å². The van der Waals surface area contributed by atoms with E-state index >= 15 is 0 Å². The molecule has 0 saturated heterocycles. The number of halogens is 1. The smallest absolute Gasteiger partial charge is 0.221 e. The number of amidine groups is 1. The zero-order valence-corrected chi connectivity index (χ0v) is 14.5. The first-order chi connectivity index (χ1) is 10.5. The van der Waals surface area contributed by atoms with Gasteiger partial charge in [-0.2, -0.15) is 0 Å². The van der Waals surface area contributed by atoms with Crippen molar-refractivity contribution in [2.75, 3.05) is 13.7 Å². The van der Waals surface area contributed by atoms with Crippen LogP contribution in [-0.2, 0) is 4.74 Å². The molecule has 1 aliphatic rings. The molecule has 5 heteroatoms. The molecule has 1 aliphatic carbocycles. The Morgan fingerprint density at radius 3 is 2.77 bits per heavy atom. The lowest BCUT2D eigenvalue weighted by Crippen LogP contribution is -2.20. The van der Waals surface area contributed by atoms with E-state index in [1.165, 1.54) is 38.3 Å². The number of terminal acetylenes is 1. The average Bonchev–Trinajstić information content (AvgIpc) is 2.70. The highest BCUT2D eigenvalue weighted by Crippen LogP contribution is 2.20. The molecular formula is C17H28ClN3O. The summed E-state index contributed by atoms with van der Waals surface area (Å²) in [7, 11) is 1.61. The second-order valence-electron chi connectivity index (χ2n) is 5.48. The maximum Gasteiger partial charge on any atom is 0.221 e. The number of nitrogens with two attached hydrogens (primary N) is 1. The van der Waals surface area contributed by atoms with Crippen LogP contribution < -0.4 is 5.73 Å². The van der Waals surface area contributed by atoms with Crippen LogP contribution in [0.3, 0.4) is 0 Å². The van der Waals surface area contributed by atoms with Crippen molar-refractivity contribution in [1.29, 1.82) is 0 Å². The van der Waals surface area contributed by atoms with Crippen LogP contribution in [0.1, 0.15) is 45.4 Å². The number of aliphatic imine (C=N–C) groups is 2. The fourth-order valence-electron chi connectivity index (χ4n) is 2.21. The summed E-state index contributed by atoms with van der Waals surface area (Å²) in [6.07, 6.45) is 14.0. The van der Waals surface area contributed by atoms with Crippen LogP contribution in [0.15, 0.2) is 21.8 Å². The summed E-state index contributed by atoms with van der Waals surface area (Å²) in [6.45, 7) is 6.08. The van der Waals surface area contributed by atoms with Gasteiger partial charge < -0.3 is 10.5 Å². The number of rotatable bonds is 4. The third kappa shape index (κ3) is 11.5. The predicted molar refractivity (Wildman–Crippen MR) is 96.5 cm³/mol. The number of hydrogen-bond acceptors (Lipinski definition) is 3. The highest BCUT2D eigenvalue weighted by molar-refractivity contribution is 6.65. The van der Waals surface area contributed by atoms with Crippen molar-refractivity contribution in [2.24, 2.45) is 21.6 Å². The summed E-state index contributed by atoms with van der Waals surface area (Å²) in [5, 5.41) is 0.0742. The Kier molecular flexibility index (Phi) is 12.8. The van der Waals surface area contributed by atoms with Gasteiger partial charge in [0.25, 0.3) is 0 Å². The molecule has 124 valence electrons. The van der Waals surface area contributed by atoms with Gasteiger partial charge in [-0.3, -0.25) is 0 Å². The first-order valence-electron chi connectivity index (χ1n) is 7.63. The maximum atomic E-state index is 5.83. The molecule has 2 atom stereocenters. The van der Waals surface area contributed by atoms with Gasteiger partial charge in [0, 0.05) is 31.3 Å². The SMILES string of the molecule is C#C/C(=C/N=C(Cl)N=C)CCOC.C[C@@H]1CCCC[C@H](N)C1. The highest BCUT2D eigenvalue weighted by Gasteiger charge is 2.12. The van der Waals surface area contributed by atoms with Gasteiger partial charge in [0.15, 0.2) is 0 Å². The van der Waals surface area contributed by atoms with Crippen molar-refractivity contribution >= 4 is 23.6 Å². The normalized spacial score (nSPS) is 22.9. The van der Waals surface area contributed by atoms with Gasteiger partial charge in [0.2, 0.25) is 5.29 Å². The second-order valence-corrected chi connectivity index (χ2v) is 5.82. The van der Waals surface area contributed by atoms with Crippen LogP contribution >= 0.6 is 11.6 Å². The van der Waals surface area contributed by atoms with Crippen molar-refractivity contribution in [2.45, 2.75) is 51.5 Å². The molecular weight excluding hydrogens is 298 g/mol. The summed E-state index contributed by atoms with van der Waals surface area (Å²) in [5.74, 6) is 3.35. The lowest BCUT2D eigenvalue weighted by Gasteiger charge is -2.10. The van der Waals surface area contributed by atoms with Crippen molar-refractivity contribution in [1.82, 2.24) is 0 Å². The molecule has 0 bridgehead atoms. The van der Waals surface area contributed by atoms with Crippen molar-refractivity contribution in [3.05, 3.63) is 11.8 Å². The Balaban J connectivity index is 0.000000425. The van der Waals surface area contributed by atoms with E-state index in [1.54, 1.807) is 7.11 Å². The lowest BCUT2D eigenvalue weighted by atomic mass is 10.0. The van der Waals surface area contributed by atoms with E-state index in [2.05, 4.69) is 29.5 Å². The van der Waals surface area contributed by atoms with Crippen molar-refractivity contribution in [3.63, 3.8) is 0 Å². The maximum absolute atomic E-state index is 5.83. The Morgan fingerprint density at radius 1 is 1.50 bits per heavy atom. The summed E-state index contributed by atoms with van der Waals surface area (Å²) in [4.78, 5) is 7.16. The van der Waals surface area contributed by atoms with Crippen molar-refractivity contribution in [3.8, 4) is 12.3 Å². The average molecular weight is 326 g/mol. The van der Waals surface area contributed by atoms with Gasteiger partial charge in [-0.1, -0.05) is 32.1 Å². The molecule has 0 heterocycles. The molecule has 0 radical (unpaired) electrons. The molecule has 0 aromatic rings. The molecule has 0 aromatic carbocycles. The Morgan fingerprint density at radius 2 is 2.18 bits per heavy atom. The van der Waals surface area contributed by atoms with E-state index in [1.807, 2.05) is 0 Å². The number of nitrogens with zero attached hydrogens (tertiary/aromatic N) is 2. The minimum absolute atomic E-state index is 0.0742. The molecule has 0 aliphatic heterocycles. The molecule has 0 unspecified atom stereocenters. The largest absolute Gasteiger partial charge is 0.384 e. The van der Waals surface area contributed by atoms with Crippen LogP contribution in [0.25, 0.3) is 0 Å². The molecule has 0 spiro atoms. The Bertz CT molecular complexity index is 403. The predicted octanol–water partition coefficient (Wildman–Crippen LogP) is 3.75. The summed E-state index contributed by atoms with van der Waals surface area (Å²) in [5.41, 5.74) is 6.54. The molecule has 0 aromatic heterocycles. The van der Waals surface area contributed by atoms with E-state index < -0.39 is 0 Å². The van der Waals surface area contributed by atoms with Gasteiger partial charge in [-0.15, -0.1) is 6.42 Å². The quantitative estimate of drug-likeness (QED) is 0.281. The van der Waals surface area contributed by atoms with E-state index in [4.69, 9.17) is 28.5 Å². The summed E-state index contributed by atoms with van der Waals surface area (Å²) in [6, 6.07) is 0.502. The zero-order chi connectivity index (χ0) is 16.8. The monoisotopic (exact) mass is 325 g/mol.